The minimum Gasteiger partial charge on any atom is -0.353 e. The average Bonchev–Trinajstić information content (AvgIpc) is 3.52. The first-order chi connectivity index (χ1) is 13.1. The summed E-state index contributed by atoms with van der Waals surface area (Å²) in [5.41, 5.74) is 1.34. The number of nitrogens with one attached hydrogen (secondary N) is 1. The van der Waals surface area contributed by atoms with Crippen molar-refractivity contribution in [2.24, 2.45) is 5.92 Å². The lowest BCUT2D eigenvalue weighted by atomic mass is 9.93. The molecule has 1 aliphatic carbocycles. The van der Waals surface area contributed by atoms with Crippen LogP contribution in [-0.2, 0) is 4.79 Å². The Balaban J connectivity index is 1.30. The topological polar surface area (TPSA) is 78.4 Å². The third kappa shape index (κ3) is 4.29. The van der Waals surface area contributed by atoms with E-state index in [1.165, 1.54) is 6.33 Å². The molecular weight excluding hydrogens is 342 g/mol. The molecule has 3 fully saturated rings. The normalized spacial score (nSPS) is 24.6. The van der Waals surface area contributed by atoms with E-state index < -0.39 is 0 Å². The Morgan fingerprint density at radius 3 is 2.59 bits per heavy atom. The first-order valence-corrected chi connectivity index (χ1v) is 10.2. The molecule has 0 bridgehead atoms. The molecule has 2 aliphatic heterocycles. The fraction of sp³-hybridized carbons (Fsp3) is 0.700. The minimum absolute atomic E-state index is 0.0341. The van der Waals surface area contributed by atoms with Gasteiger partial charge in [0.05, 0.1) is 17.2 Å². The maximum Gasteiger partial charge on any atom is 0.257 e. The number of piperidine rings is 2. The number of rotatable bonds is 4. The van der Waals surface area contributed by atoms with E-state index in [1.54, 1.807) is 6.20 Å². The predicted octanol–water partition coefficient (Wildman–Crippen LogP) is 1.38. The molecule has 7 heteroatoms. The van der Waals surface area contributed by atoms with Gasteiger partial charge < -0.3 is 10.2 Å². The van der Waals surface area contributed by atoms with Gasteiger partial charge in [-0.15, -0.1) is 0 Å². The highest BCUT2D eigenvalue weighted by molar-refractivity contribution is 5.94. The zero-order valence-corrected chi connectivity index (χ0v) is 16.1. The Hall–Kier alpha value is -2.02. The minimum atomic E-state index is 0.0341. The second kappa shape index (κ2) is 7.92. The summed E-state index contributed by atoms with van der Waals surface area (Å²) in [4.78, 5) is 37.7. The van der Waals surface area contributed by atoms with Crippen LogP contribution in [-0.4, -0.2) is 69.8 Å². The summed E-state index contributed by atoms with van der Waals surface area (Å²) >= 11 is 0. The maximum absolute atomic E-state index is 12.7. The number of amides is 2. The summed E-state index contributed by atoms with van der Waals surface area (Å²) in [6.07, 6.45) is 9.39. The SMILES string of the molecule is Cc1ncncc1C(=O)N1CCC(N2CCC[C@@H](C(=O)NC3CC3)C2)CC1. The van der Waals surface area contributed by atoms with Gasteiger partial charge in [-0.05, 0) is 52.0 Å². The molecule has 0 aromatic carbocycles. The lowest BCUT2D eigenvalue weighted by molar-refractivity contribution is -0.127. The Labute approximate surface area is 160 Å². The van der Waals surface area contributed by atoms with Crippen molar-refractivity contribution in [3.05, 3.63) is 23.8 Å². The van der Waals surface area contributed by atoms with Crippen molar-refractivity contribution >= 4 is 11.8 Å². The van der Waals surface area contributed by atoms with Crippen LogP contribution in [0.25, 0.3) is 0 Å². The summed E-state index contributed by atoms with van der Waals surface area (Å²) in [5.74, 6) is 0.407. The van der Waals surface area contributed by atoms with Crippen LogP contribution >= 0.6 is 0 Å². The smallest absolute Gasteiger partial charge is 0.257 e. The van der Waals surface area contributed by atoms with Gasteiger partial charge in [-0.25, -0.2) is 9.97 Å². The zero-order valence-electron chi connectivity index (χ0n) is 16.1. The van der Waals surface area contributed by atoms with Gasteiger partial charge in [-0.1, -0.05) is 0 Å². The van der Waals surface area contributed by atoms with E-state index in [2.05, 4.69) is 20.2 Å². The fourth-order valence-electron chi connectivity index (χ4n) is 4.30. The first kappa shape index (κ1) is 18.3. The molecule has 27 heavy (non-hydrogen) atoms. The lowest BCUT2D eigenvalue weighted by Gasteiger charge is -2.42. The number of aryl methyl sites for hydroxylation is 1. The number of hydrogen-bond acceptors (Lipinski definition) is 5. The van der Waals surface area contributed by atoms with Gasteiger partial charge >= 0.3 is 0 Å². The molecule has 4 rings (SSSR count). The van der Waals surface area contributed by atoms with Crippen molar-refractivity contribution in [2.45, 2.75) is 57.5 Å². The maximum atomic E-state index is 12.7. The summed E-state index contributed by atoms with van der Waals surface area (Å²) in [5, 5.41) is 3.16. The Morgan fingerprint density at radius 2 is 1.89 bits per heavy atom. The van der Waals surface area contributed by atoms with Gasteiger partial charge in [0.1, 0.15) is 6.33 Å². The van der Waals surface area contributed by atoms with Crippen LogP contribution in [0.3, 0.4) is 0 Å². The number of likely N-dealkylation sites (tertiary alicyclic amines) is 2. The van der Waals surface area contributed by atoms with Crippen LogP contribution in [0.2, 0.25) is 0 Å². The average molecular weight is 371 g/mol. The van der Waals surface area contributed by atoms with E-state index in [0.717, 1.165) is 70.4 Å². The molecule has 146 valence electrons. The molecule has 1 atom stereocenters. The predicted molar refractivity (Wildman–Crippen MR) is 101 cm³/mol. The number of nitrogens with zero attached hydrogens (tertiary/aromatic N) is 4. The van der Waals surface area contributed by atoms with Gasteiger partial charge in [-0.3, -0.25) is 14.5 Å². The van der Waals surface area contributed by atoms with Crippen molar-refractivity contribution in [3.63, 3.8) is 0 Å². The molecule has 1 aromatic rings. The van der Waals surface area contributed by atoms with Crippen LogP contribution in [0.5, 0.6) is 0 Å². The molecule has 7 nitrogen and oxygen atoms in total. The molecule has 2 amide bonds. The van der Waals surface area contributed by atoms with E-state index in [4.69, 9.17) is 0 Å². The van der Waals surface area contributed by atoms with Crippen molar-refractivity contribution < 1.29 is 9.59 Å². The van der Waals surface area contributed by atoms with E-state index >= 15 is 0 Å². The number of carbonyl (C=O) groups excluding carboxylic acids is 2. The van der Waals surface area contributed by atoms with Crippen molar-refractivity contribution in [1.82, 2.24) is 25.1 Å². The highest BCUT2D eigenvalue weighted by atomic mass is 16.2. The van der Waals surface area contributed by atoms with E-state index in [1.807, 2.05) is 11.8 Å². The lowest BCUT2D eigenvalue weighted by Crippen LogP contribution is -2.51. The first-order valence-electron chi connectivity index (χ1n) is 10.2. The van der Waals surface area contributed by atoms with Gasteiger partial charge in [0.25, 0.3) is 5.91 Å². The zero-order chi connectivity index (χ0) is 18.8. The molecule has 0 radical (unpaired) electrons. The number of carbonyl (C=O) groups is 2. The quantitative estimate of drug-likeness (QED) is 0.865. The van der Waals surface area contributed by atoms with Crippen LogP contribution in [0.15, 0.2) is 12.5 Å². The van der Waals surface area contributed by atoms with E-state index in [0.29, 0.717) is 17.6 Å². The second-order valence-corrected chi connectivity index (χ2v) is 8.16. The Bertz CT molecular complexity index is 697. The largest absolute Gasteiger partial charge is 0.353 e. The Kier molecular flexibility index (Phi) is 5.38. The summed E-state index contributed by atoms with van der Waals surface area (Å²) < 4.78 is 0. The van der Waals surface area contributed by atoms with Gasteiger partial charge in [0.15, 0.2) is 0 Å². The summed E-state index contributed by atoms with van der Waals surface area (Å²) in [6.45, 7) is 5.29. The van der Waals surface area contributed by atoms with Crippen molar-refractivity contribution in [3.8, 4) is 0 Å². The highest BCUT2D eigenvalue weighted by Crippen LogP contribution is 2.26. The third-order valence-corrected chi connectivity index (χ3v) is 6.16. The molecule has 3 heterocycles. The van der Waals surface area contributed by atoms with Crippen molar-refractivity contribution in [1.29, 1.82) is 0 Å². The molecular formula is C20H29N5O2. The van der Waals surface area contributed by atoms with Gasteiger partial charge in [0.2, 0.25) is 5.91 Å². The van der Waals surface area contributed by atoms with E-state index in [9.17, 15) is 9.59 Å². The fourth-order valence-corrected chi connectivity index (χ4v) is 4.30. The monoisotopic (exact) mass is 371 g/mol. The summed E-state index contributed by atoms with van der Waals surface area (Å²) in [7, 11) is 0. The van der Waals surface area contributed by atoms with Crippen LogP contribution in [0.1, 0.15) is 54.6 Å². The molecule has 1 aromatic heterocycles. The van der Waals surface area contributed by atoms with Crippen LogP contribution in [0, 0.1) is 12.8 Å². The van der Waals surface area contributed by atoms with Gasteiger partial charge in [-0.2, -0.15) is 0 Å². The second-order valence-electron chi connectivity index (χ2n) is 8.16. The summed E-state index contributed by atoms with van der Waals surface area (Å²) in [6, 6.07) is 0.909. The third-order valence-electron chi connectivity index (χ3n) is 6.16. The molecule has 1 saturated carbocycles. The molecule has 3 aliphatic rings. The van der Waals surface area contributed by atoms with E-state index in [-0.39, 0.29) is 17.7 Å². The van der Waals surface area contributed by atoms with Gasteiger partial charge in [0, 0.05) is 37.9 Å². The molecule has 1 N–H and O–H groups in total. The molecule has 0 spiro atoms. The highest BCUT2D eigenvalue weighted by Gasteiger charge is 2.34. The number of hydrogen-bond donors (Lipinski definition) is 1. The number of aromatic nitrogens is 2. The molecule has 0 unspecified atom stereocenters. The standard InChI is InChI=1S/C20H29N5O2/c1-14-18(11-21-13-22-14)20(27)24-9-6-17(7-10-24)25-8-2-3-15(12-25)19(26)23-16-4-5-16/h11,13,15-17H,2-10,12H2,1H3,(H,23,26)/t15-/m1/s1. The van der Waals surface area contributed by atoms with Crippen LogP contribution < -0.4 is 5.32 Å². The van der Waals surface area contributed by atoms with Crippen LogP contribution in [0.4, 0.5) is 0 Å². The Morgan fingerprint density at radius 1 is 1.11 bits per heavy atom. The van der Waals surface area contributed by atoms with Crippen molar-refractivity contribution in [2.75, 3.05) is 26.2 Å². The molecule has 2 saturated heterocycles.